The summed E-state index contributed by atoms with van der Waals surface area (Å²) in [6.45, 7) is 6.68. The van der Waals surface area contributed by atoms with Gasteiger partial charge in [0.05, 0.1) is 0 Å². The molecule has 436 valence electrons. The number of ether oxygens (including phenoxy) is 3. The number of carbonyl (C=O) groups excluding carboxylic acids is 3. The van der Waals surface area contributed by atoms with Crippen LogP contribution in [-0.4, -0.2) is 37.2 Å². The summed E-state index contributed by atoms with van der Waals surface area (Å²) in [7, 11) is 0. The summed E-state index contributed by atoms with van der Waals surface area (Å²) in [5, 5.41) is 0. The monoisotopic (exact) mass is 1040 g/mol. The van der Waals surface area contributed by atoms with Crippen LogP contribution in [0.2, 0.25) is 0 Å². The fourth-order valence-electron chi connectivity index (χ4n) is 10.2. The van der Waals surface area contributed by atoms with Crippen molar-refractivity contribution in [1.29, 1.82) is 0 Å². The summed E-state index contributed by atoms with van der Waals surface area (Å²) < 4.78 is 16.9. The highest BCUT2D eigenvalue weighted by atomic mass is 16.6. The van der Waals surface area contributed by atoms with Crippen LogP contribution in [-0.2, 0) is 28.6 Å². The van der Waals surface area contributed by atoms with Gasteiger partial charge >= 0.3 is 17.9 Å². The van der Waals surface area contributed by atoms with Crippen LogP contribution >= 0.6 is 0 Å². The molecule has 1 unspecified atom stereocenters. The topological polar surface area (TPSA) is 78.9 Å². The molecule has 0 fully saturated rings. The van der Waals surface area contributed by atoms with Crippen molar-refractivity contribution in [3.63, 3.8) is 0 Å². The molecule has 0 rings (SSSR count). The van der Waals surface area contributed by atoms with E-state index in [4.69, 9.17) is 14.2 Å². The fraction of sp³-hybridized carbons (Fsp3) is 0.897. The minimum absolute atomic E-state index is 0.0635. The van der Waals surface area contributed by atoms with Crippen molar-refractivity contribution < 1.29 is 28.6 Å². The van der Waals surface area contributed by atoms with Gasteiger partial charge in [0.25, 0.3) is 0 Å². The summed E-state index contributed by atoms with van der Waals surface area (Å²) in [6.07, 6.45) is 76.5. The third-order valence-corrected chi connectivity index (χ3v) is 15.2. The lowest BCUT2D eigenvalue weighted by molar-refractivity contribution is -0.167. The van der Waals surface area contributed by atoms with Crippen molar-refractivity contribution >= 4 is 17.9 Å². The predicted octanol–water partition coefficient (Wildman–Crippen LogP) is 22.6. The van der Waals surface area contributed by atoms with Crippen LogP contribution in [0.15, 0.2) is 24.3 Å². The van der Waals surface area contributed by atoms with Crippen molar-refractivity contribution in [3.8, 4) is 0 Å². The maximum Gasteiger partial charge on any atom is 0.306 e. The molecular weight excluding hydrogens is 913 g/mol. The molecule has 0 saturated carbocycles. The minimum Gasteiger partial charge on any atom is -0.462 e. The van der Waals surface area contributed by atoms with Gasteiger partial charge in [0.15, 0.2) is 6.10 Å². The van der Waals surface area contributed by atoms with E-state index in [1.54, 1.807) is 0 Å². The van der Waals surface area contributed by atoms with Gasteiger partial charge in [0.2, 0.25) is 0 Å². The van der Waals surface area contributed by atoms with Crippen LogP contribution in [0.4, 0.5) is 0 Å². The van der Waals surface area contributed by atoms with Crippen molar-refractivity contribution in [1.82, 2.24) is 0 Å². The average Bonchev–Trinajstić information content (AvgIpc) is 3.40. The average molecular weight is 1040 g/mol. The molecule has 0 aliphatic heterocycles. The third kappa shape index (κ3) is 60.8. The molecule has 6 heteroatoms. The first-order valence-electron chi connectivity index (χ1n) is 33.3. The molecule has 0 aromatic rings. The summed E-state index contributed by atoms with van der Waals surface area (Å²) in [4.78, 5) is 38.1. The van der Waals surface area contributed by atoms with E-state index in [1.807, 2.05) is 0 Å². The molecule has 0 aliphatic rings. The molecule has 1 atom stereocenters. The highest BCUT2D eigenvalue weighted by Crippen LogP contribution is 2.18. The van der Waals surface area contributed by atoms with Crippen LogP contribution in [0, 0.1) is 0 Å². The largest absolute Gasteiger partial charge is 0.462 e. The molecule has 6 nitrogen and oxygen atoms in total. The molecule has 0 aromatic carbocycles. The maximum absolute atomic E-state index is 12.8. The number of hydrogen-bond donors (Lipinski definition) is 0. The molecule has 0 radical (unpaired) electrons. The third-order valence-electron chi connectivity index (χ3n) is 15.2. The van der Waals surface area contributed by atoms with Crippen molar-refractivity contribution in [2.75, 3.05) is 13.2 Å². The Bertz CT molecular complexity index is 1190. The smallest absolute Gasteiger partial charge is 0.306 e. The Hall–Kier alpha value is -2.11. The molecule has 0 bridgehead atoms. The minimum atomic E-state index is -0.763. The Labute approximate surface area is 462 Å². The first kappa shape index (κ1) is 71.9. The lowest BCUT2D eigenvalue weighted by Crippen LogP contribution is -2.30. The summed E-state index contributed by atoms with van der Waals surface area (Å²) in [5.41, 5.74) is 0. The van der Waals surface area contributed by atoms with Gasteiger partial charge in [-0.15, -0.1) is 0 Å². The Kier molecular flexibility index (Phi) is 61.6. The fourth-order valence-corrected chi connectivity index (χ4v) is 10.2. The zero-order valence-electron chi connectivity index (χ0n) is 50.1. The van der Waals surface area contributed by atoms with E-state index in [9.17, 15) is 14.4 Å². The molecule has 0 spiro atoms. The molecule has 0 aromatic heterocycles. The van der Waals surface area contributed by atoms with Gasteiger partial charge in [-0.25, -0.2) is 0 Å². The van der Waals surface area contributed by atoms with E-state index in [0.717, 1.165) is 64.2 Å². The lowest BCUT2D eigenvalue weighted by Gasteiger charge is -2.18. The quantitative estimate of drug-likeness (QED) is 0.0261. The Balaban J connectivity index is 3.99. The Morgan fingerprint density at radius 3 is 0.743 bits per heavy atom. The maximum atomic E-state index is 12.8. The van der Waals surface area contributed by atoms with E-state index in [2.05, 4.69) is 45.1 Å². The molecular formula is C68H128O6. The van der Waals surface area contributed by atoms with Crippen LogP contribution < -0.4 is 0 Å². The zero-order valence-corrected chi connectivity index (χ0v) is 50.1. The zero-order chi connectivity index (χ0) is 53.6. The predicted molar refractivity (Wildman–Crippen MR) is 321 cm³/mol. The van der Waals surface area contributed by atoms with Gasteiger partial charge < -0.3 is 14.2 Å². The molecule has 0 heterocycles. The van der Waals surface area contributed by atoms with Gasteiger partial charge in [-0.2, -0.15) is 0 Å². The van der Waals surface area contributed by atoms with E-state index < -0.39 is 6.10 Å². The van der Waals surface area contributed by atoms with Crippen LogP contribution in [0.1, 0.15) is 374 Å². The van der Waals surface area contributed by atoms with E-state index in [1.165, 1.54) is 270 Å². The normalized spacial score (nSPS) is 12.1. The van der Waals surface area contributed by atoms with Gasteiger partial charge in [0, 0.05) is 19.3 Å². The standard InChI is InChI=1S/C68H128O6/c1-4-7-10-13-16-19-22-24-25-26-27-28-29-30-31-32-33-34-35-36-37-38-39-40-41-42-43-44-47-49-52-55-58-61-67(70)73-64-65(63-72-66(69)60-57-54-51-48-45-21-18-15-12-9-6-3)74-68(71)62-59-56-53-50-46-23-20-17-14-11-8-5-2/h22,24,26-27,65H,4-21,23,25,28-64H2,1-3H3/b24-22-,27-26-. The number of unbranched alkanes of at least 4 members (excludes halogenated alkanes) is 47. The second-order valence-corrected chi connectivity index (χ2v) is 22.7. The summed E-state index contributed by atoms with van der Waals surface area (Å²) >= 11 is 0. The molecule has 74 heavy (non-hydrogen) atoms. The second kappa shape index (κ2) is 63.4. The van der Waals surface area contributed by atoms with Crippen molar-refractivity contribution in [3.05, 3.63) is 24.3 Å². The second-order valence-electron chi connectivity index (χ2n) is 22.7. The molecule has 0 aliphatic carbocycles. The Morgan fingerprint density at radius 2 is 0.486 bits per heavy atom. The molecule has 0 saturated heterocycles. The highest BCUT2D eigenvalue weighted by molar-refractivity contribution is 5.71. The van der Waals surface area contributed by atoms with Crippen molar-refractivity contribution in [2.45, 2.75) is 380 Å². The number of hydrogen-bond acceptors (Lipinski definition) is 6. The highest BCUT2D eigenvalue weighted by Gasteiger charge is 2.19. The molecule has 0 amide bonds. The van der Waals surface area contributed by atoms with Crippen LogP contribution in [0.25, 0.3) is 0 Å². The SMILES string of the molecule is CCCCCCC/C=C\C/C=C\CCCCCCCCCCCCCCCCCCCCCCCC(=O)OCC(COC(=O)CCCCCCCCCCCCC)OC(=O)CCCCCCCCCCCCCC. The van der Waals surface area contributed by atoms with Gasteiger partial charge in [-0.1, -0.05) is 328 Å². The van der Waals surface area contributed by atoms with E-state index >= 15 is 0 Å². The number of esters is 3. The van der Waals surface area contributed by atoms with Gasteiger partial charge in [-0.05, 0) is 51.4 Å². The summed E-state index contributed by atoms with van der Waals surface area (Å²) in [6, 6.07) is 0. The lowest BCUT2D eigenvalue weighted by atomic mass is 10.0. The molecule has 0 N–H and O–H groups in total. The van der Waals surface area contributed by atoms with E-state index in [0.29, 0.717) is 19.3 Å². The van der Waals surface area contributed by atoms with Crippen LogP contribution in [0.5, 0.6) is 0 Å². The van der Waals surface area contributed by atoms with Crippen LogP contribution in [0.3, 0.4) is 0 Å². The Morgan fingerprint density at radius 1 is 0.270 bits per heavy atom. The first-order valence-corrected chi connectivity index (χ1v) is 33.3. The van der Waals surface area contributed by atoms with Crippen molar-refractivity contribution in [2.24, 2.45) is 0 Å². The van der Waals surface area contributed by atoms with E-state index in [-0.39, 0.29) is 31.1 Å². The first-order chi connectivity index (χ1) is 36.5. The number of rotatable bonds is 62. The van der Waals surface area contributed by atoms with Gasteiger partial charge in [0.1, 0.15) is 13.2 Å². The number of carbonyl (C=O) groups is 3. The number of allylic oxidation sites excluding steroid dienone is 4. The van der Waals surface area contributed by atoms with Gasteiger partial charge in [-0.3, -0.25) is 14.4 Å². The summed E-state index contributed by atoms with van der Waals surface area (Å²) in [5.74, 6) is -0.838.